The average molecular weight is 369 g/mol. The summed E-state index contributed by atoms with van der Waals surface area (Å²) in [4.78, 5) is 27.6. The van der Waals surface area contributed by atoms with Crippen molar-refractivity contribution in [3.8, 4) is 6.07 Å². The molecular weight excluding hydrogens is 352 g/mol. The van der Waals surface area contributed by atoms with Crippen LogP contribution in [0.4, 0.5) is 14.5 Å². The van der Waals surface area contributed by atoms with Crippen LogP contribution < -0.4 is 4.90 Å². The van der Waals surface area contributed by atoms with E-state index in [2.05, 4.69) is 6.07 Å². The van der Waals surface area contributed by atoms with Crippen LogP contribution in [0.15, 0.2) is 36.4 Å². The molecule has 0 spiro atoms. The molecule has 1 aliphatic heterocycles. The van der Waals surface area contributed by atoms with Crippen LogP contribution in [0, 0.1) is 23.0 Å². The largest absolute Gasteiger partial charge is 0.367 e. The monoisotopic (exact) mass is 369 g/mol. The number of Topliss-reactive ketones (excluding diaryl/α,β-unsaturated/α-hetero) is 1. The third-order valence-electron chi connectivity index (χ3n) is 4.60. The fraction of sp³-hybridized carbons (Fsp3) is 0.250. The summed E-state index contributed by atoms with van der Waals surface area (Å²) in [5.74, 6) is -2.51. The van der Waals surface area contributed by atoms with Crippen molar-refractivity contribution in [1.29, 1.82) is 5.26 Å². The van der Waals surface area contributed by atoms with Gasteiger partial charge >= 0.3 is 0 Å². The number of benzene rings is 2. The standard InChI is InChI=1S/C20H17F2N3O2/c1-13(26)14-2-3-16(12-23)19(11-14)24-6-8-25(9-7-24)20(27)15-4-5-17(21)18(22)10-15/h2-5,10-11H,6-9H2,1H3. The number of nitrogens with zero attached hydrogens (tertiary/aromatic N) is 3. The van der Waals surface area contributed by atoms with E-state index in [-0.39, 0.29) is 17.3 Å². The Morgan fingerprint density at radius 1 is 0.963 bits per heavy atom. The molecule has 1 aliphatic rings. The Hall–Kier alpha value is -3.27. The molecule has 1 saturated heterocycles. The van der Waals surface area contributed by atoms with Gasteiger partial charge in [-0.05, 0) is 43.3 Å². The molecule has 1 heterocycles. The Labute approximate surface area is 155 Å². The smallest absolute Gasteiger partial charge is 0.254 e. The van der Waals surface area contributed by atoms with Crippen molar-refractivity contribution in [2.75, 3.05) is 31.1 Å². The lowest BCUT2D eigenvalue weighted by Crippen LogP contribution is -2.49. The first kappa shape index (κ1) is 18.5. The van der Waals surface area contributed by atoms with Crippen LogP contribution in [-0.2, 0) is 0 Å². The lowest BCUT2D eigenvalue weighted by Gasteiger charge is -2.36. The van der Waals surface area contributed by atoms with E-state index >= 15 is 0 Å². The molecule has 0 unspecified atom stereocenters. The molecule has 3 rings (SSSR count). The molecule has 0 bridgehead atoms. The molecule has 27 heavy (non-hydrogen) atoms. The van der Waals surface area contributed by atoms with Crippen LogP contribution >= 0.6 is 0 Å². The second-order valence-corrected chi connectivity index (χ2v) is 6.31. The first-order chi connectivity index (χ1) is 12.9. The van der Waals surface area contributed by atoms with E-state index in [9.17, 15) is 23.6 Å². The number of amides is 1. The zero-order valence-corrected chi connectivity index (χ0v) is 14.7. The van der Waals surface area contributed by atoms with Gasteiger partial charge in [-0.3, -0.25) is 9.59 Å². The number of ketones is 1. The molecule has 7 heteroatoms. The number of piperazine rings is 1. The zero-order valence-electron chi connectivity index (χ0n) is 14.7. The summed E-state index contributed by atoms with van der Waals surface area (Å²) in [7, 11) is 0. The molecule has 0 atom stereocenters. The van der Waals surface area contributed by atoms with E-state index in [0.29, 0.717) is 43.0 Å². The molecule has 5 nitrogen and oxygen atoms in total. The number of anilines is 1. The highest BCUT2D eigenvalue weighted by atomic mass is 19.2. The van der Waals surface area contributed by atoms with Crippen LogP contribution in [-0.4, -0.2) is 42.8 Å². The SMILES string of the molecule is CC(=O)c1ccc(C#N)c(N2CCN(C(=O)c3ccc(F)c(F)c3)CC2)c1. The Kier molecular flexibility index (Phi) is 5.17. The maximum atomic E-state index is 13.4. The summed E-state index contributed by atoms with van der Waals surface area (Å²) < 4.78 is 26.4. The van der Waals surface area contributed by atoms with Gasteiger partial charge in [-0.2, -0.15) is 5.26 Å². The summed E-state index contributed by atoms with van der Waals surface area (Å²) >= 11 is 0. The Balaban J connectivity index is 1.74. The molecule has 1 fully saturated rings. The van der Waals surface area contributed by atoms with Gasteiger partial charge in [0, 0.05) is 37.3 Å². The van der Waals surface area contributed by atoms with Crippen molar-refractivity contribution in [2.24, 2.45) is 0 Å². The number of rotatable bonds is 3. The number of hydrogen-bond acceptors (Lipinski definition) is 4. The second kappa shape index (κ2) is 7.54. The van der Waals surface area contributed by atoms with Gasteiger partial charge < -0.3 is 9.80 Å². The van der Waals surface area contributed by atoms with Crippen LogP contribution in [0.3, 0.4) is 0 Å². The quantitative estimate of drug-likeness (QED) is 0.781. The fourth-order valence-electron chi connectivity index (χ4n) is 3.07. The predicted molar refractivity (Wildman–Crippen MR) is 95.6 cm³/mol. The number of halogens is 2. The molecule has 1 amide bonds. The van der Waals surface area contributed by atoms with Crippen molar-refractivity contribution >= 4 is 17.4 Å². The zero-order chi connectivity index (χ0) is 19.6. The maximum Gasteiger partial charge on any atom is 0.254 e. The first-order valence-corrected chi connectivity index (χ1v) is 8.45. The molecule has 0 radical (unpaired) electrons. The third-order valence-corrected chi connectivity index (χ3v) is 4.60. The predicted octanol–water partition coefficient (Wildman–Crippen LogP) is 3.00. The maximum absolute atomic E-state index is 13.4. The van der Waals surface area contributed by atoms with Crippen molar-refractivity contribution in [3.05, 3.63) is 64.7 Å². The highest BCUT2D eigenvalue weighted by Gasteiger charge is 2.24. The van der Waals surface area contributed by atoms with Crippen LogP contribution in [0.5, 0.6) is 0 Å². The van der Waals surface area contributed by atoms with E-state index in [1.54, 1.807) is 23.1 Å². The number of carbonyl (C=O) groups is 2. The minimum absolute atomic E-state index is 0.0899. The molecule has 0 N–H and O–H groups in total. The average Bonchev–Trinajstić information content (AvgIpc) is 2.69. The molecule has 2 aromatic carbocycles. The van der Waals surface area contributed by atoms with E-state index < -0.39 is 11.6 Å². The van der Waals surface area contributed by atoms with Gasteiger partial charge in [-0.25, -0.2) is 8.78 Å². The van der Waals surface area contributed by atoms with Gasteiger partial charge in [-0.15, -0.1) is 0 Å². The van der Waals surface area contributed by atoms with Crippen LogP contribution in [0.1, 0.15) is 33.2 Å². The van der Waals surface area contributed by atoms with Crippen molar-refractivity contribution in [1.82, 2.24) is 4.90 Å². The van der Waals surface area contributed by atoms with Gasteiger partial charge in [0.25, 0.3) is 5.91 Å². The van der Waals surface area contributed by atoms with E-state index in [1.165, 1.54) is 13.0 Å². The molecule has 2 aromatic rings. The van der Waals surface area contributed by atoms with Gasteiger partial charge in [0.1, 0.15) is 6.07 Å². The highest BCUT2D eigenvalue weighted by Crippen LogP contribution is 2.24. The molecule has 138 valence electrons. The van der Waals surface area contributed by atoms with Gasteiger partial charge in [0.2, 0.25) is 0 Å². The molecule has 0 saturated carbocycles. The number of nitriles is 1. The van der Waals surface area contributed by atoms with Crippen molar-refractivity contribution in [2.45, 2.75) is 6.92 Å². The normalized spacial score (nSPS) is 14.0. The first-order valence-electron chi connectivity index (χ1n) is 8.45. The Morgan fingerprint density at radius 2 is 1.63 bits per heavy atom. The van der Waals surface area contributed by atoms with Crippen LogP contribution in [0.25, 0.3) is 0 Å². The topological polar surface area (TPSA) is 64.4 Å². The third kappa shape index (κ3) is 3.80. The van der Waals surface area contributed by atoms with Crippen LogP contribution in [0.2, 0.25) is 0 Å². The second-order valence-electron chi connectivity index (χ2n) is 6.31. The van der Waals surface area contributed by atoms with E-state index in [1.807, 2.05) is 4.90 Å². The molecule has 0 aliphatic carbocycles. The lowest BCUT2D eigenvalue weighted by atomic mass is 10.1. The molecule has 0 aromatic heterocycles. The minimum Gasteiger partial charge on any atom is -0.367 e. The Bertz CT molecular complexity index is 945. The number of hydrogen-bond donors (Lipinski definition) is 0. The summed E-state index contributed by atoms with van der Waals surface area (Å²) in [6.45, 7) is 3.13. The van der Waals surface area contributed by atoms with Crippen molar-refractivity contribution < 1.29 is 18.4 Å². The van der Waals surface area contributed by atoms with Gasteiger partial charge in [-0.1, -0.05) is 0 Å². The summed E-state index contributed by atoms with van der Waals surface area (Å²) in [6.07, 6.45) is 0. The fourth-order valence-corrected chi connectivity index (χ4v) is 3.07. The Morgan fingerprint density at radius 3 is 2.22 bits per heavy atom. The molecular formula is C20H17F2N3O2. The minimum atomic E-state index is -1.06. The summed E-state index contributed by atoms with van der Waals surface area (Å²) in [5, 5.41) is 9.32. The number of carbonyl (C=O) groups excluding carboxylic acids is 2. The summed E-state index contributed by atoms with van der Waals surface area (Å²) in [5.41, 5.74) is 1.73. The van der Waals surface area contributed by atoms with E-state index in [0.717, 1.165) is 12.1 Å². The lowest BCUT2D eigenvalue weighted by molar-refractivity contribution is 0.0746. The van der Waals surface area contributed by atoms with E-state index in [4.69, 9.17) is 0 Å². The summed E-state index contributed by atoms with van der Waals surface area (Å²) in [6, 6.07) is 10.1. The van der Waals surface area contributed by atoms with Gasteiger partial charge in [0.15, 0.2) is 17.4 Å². The highest BCUT2D eigenvalue weighted by molar-refractivity contribution is 5.96. The van der Waals surface area contributed by atoms with Gasteiger partial charge in [0.05, 0.1) is 11.3 Å². The van der Waals surface area contributed by atoms with Crippen molar-refractivity contribution in [3.63, 3.8) is 0 Å².